The molecule has 1 nitrogen and oxygen atoms in total. The van der Waals surface area contributed by atoms with Crippen molar-refractivity contribution in [2.75, 3.05) is 0 Å². The van der Waals surface area contributed by atoms with Crippen molar-refractivity contribution < 1.29 is 4.79 Å². The maximum atomic E-state index is 10.8. The van der Waals surface area contributed by atoms with Gasteiger partial charge < -0.3 is 0 Å². The summed E-state index contributed by atoms with van der Waals surface area (Å²) in [4.78, 5) is 10.8. The second-order valence-corrected chi connectivity index (χ2v) is 5.50. The van der Waals surface area contributed by atoms with Crippen LogP contribution in [0.3, 0.4) is 0 Å². The van der Waals surface area contributed by atoms with Crippen LogP contribution in [0.1, 0.15) is 15.9 Å². The van der Waals surface area contributed by atoms with E-state index in [0.717, 1.165) is 0 Å². The lowest BCUT2D eigenvalue weighted by atomic mass is 10.1. The van der Waals surface area contributed by atoms with Gasteiger partial charge in [-0.25, -0.2) is 0 Å². The van der Waals surface area contributed by atoms with Gasteiger partial charge >= 0.3 is 0 Å². The van der Waals surface area contributed by atoms with Gasteiger partial charge in [-0.15, -0.1) is 0 Å². The lowest BCUT2D eigenvalue weighted by Crippen LogP contribution is -2.03. The van der Waals surface area contributed by atoms with Gasteiger partial charge in [-0.1, -0.05) is 46.4 Å². The highest BCUT2D eigenvalue weighted by atomic mass is 35.6. The predicted molar refractivity (Wildman–Crippen MR) is 60.9 cm³/mol. The van der Waals surface area contributed by atoms with Crippen LogP contribution in [0.4, 0.5) is 0 Å². The molecule has 14 heavy (non-hydrogen) atoms. The van der Waals surface area contributed by atoms with Crippen LogP contribution in [0.5, 0.6) is 0 Å². The lowest BCUT2D eigenvalue weighted by Gasteiger charge is -2.13. The van der Waals surface area contributed by atoms with Crippen molar-refractivity contribution in [3.05, 3.63) is 34.3 Å². The maximum absolute atomic E-state index is 10.8. The molecule has 76 valence electrons. The summed E-state index contributed by atoms with van der Waals surface area (Å²) in [5, 5.41) is -0.358. The van der Waals surface area contributed by atoms with E-state index in [1.165, 1.54) is 18.2 Å². The van der Waals surface area contributed by atoms with Crippen LogP contribution in [0, 0.1) is 0 Å². The van der Waals surface area contributed by atoms with Crippen molar-refractivity contribution in [1.29, 1.82) is 0 Å². The van der Waals surface area contributed by atoms with Crippen LogP contribution in [-0.2, 0) is 3.79 Å². The highest BCUT2D eigenvalue weighted by molar-refractivity contribution is 6.68. The molecule has 0 heterocycles. The van der Waals surface area contributed by atoms with E-state index in [2.05, 4.69) is 0 Å². The van der Waals surface area contributed by atoms with Gasteiger partial charge in [0.25, 0.3) is 5.24 Å². The Morgan fingerprint density at radius 2 is 1.79 bits per heavy atom. The molecule has 0 atom stereocenters. The standard InChI is InChI=1S/C8H3Cl5O/c9-6-2-1-4(7(10)14)3-5(6)8(11,12)13/h1-3H. The first-order valence-corrected chi connectivity index (χ1v) is 5.28. The van der Waals surface area contributed by atoms with Crippen LogP contribution in [0.25, 0.3) is 0 Å². The van der Waals surface area contributed by atoms with Crippen molar-refractivity contribution in [2.45, 2.75) is 3.79 Å². The van der Waals surface area contributed by atoms with Gasteiger partial charge in [-0.3, -0.25) is 4.79 Å². The summed E-state index contributed by atoms with van der Waals surface area (Å²) in [6.07, 6.45) is 0. The first kappa shape index (κ1) is 12.4. The summed E-state index contributed by atoms with van der Waals surface area (Å²) in [6.45, 7) is 0. The lowest BCUT2D eigenvalue weighted by molar-refractivity contribution is 0.108. The molecule has 0 fully saturated rings. The number of hydrogen-bond acceptors (Lipinski definition) is 1. The smallest absolute Gasteiger partial charge is 0.252 e. The fourth-order valence-electron chi connectivity index (χ4n) is 0.865. The maximum Gasteiger partial charge on any atom is 0.252 e. The van der Waals surface area contributed by atoms with Gasteiger partial charge in [0.2, 0.25) is 3.79 Å². The van der Waals surface area contributed by atoms with Crippen molar-refractivity contribution in [2.24, 2.45) is 0 Å². The Bertz CT molecular complexity index is 368. The SMILES string of the molecule is O=C(Cl)c1ccc(Cl)c(C(Cl)(Cl)Cl)c1. The van der Waals surface area contributed by atoms with E-state index < -0.39 is 9.03 Å². The minimum absolute atomic E-state index is 0.232. The largest absolute Gasteiger partial charge is 0.276 e. The molecule has 0 aliphatic rings. The van der Waals surface area contributed by atoms with Gasteiger partial charge in [-0.05, 0) is 29.8 Å². The normalized spacial score (nSPS) is 11.5. The number of benzene rings is 1. The molecule has 0 aliphatic carbocycles. The fourth-order valence-corrected chi connectivity index (χ4v) is 1.86. The number of halogens is 5. The molecule has 0 spiro atoms. The molecule has 0 radical (unpaired) electrons. The molecule has 0 amide bonds. The molecule has 1 aromatic rings. The Morgan fingerprint density at radius 1 is 1.21 bits per heavy atom. The monoisotopic (exact) mass is 290 g/mol. The molecule has 0 aliphatic heterocycles. The molecule has 0 bridgehead atoms. The average molecular weight is 292 g/mol. The Kier molecular flexibility index (Phi) is 3.95. The van der Waals surface area contributed by atoms with E-state index in [4.69, 9.17) is 58.0 Å². The summed E-state index contributed by atoms with van der Waals surface area (Å²) in [6, 6.07) is 4.26. The molecule has 0 saturated carbocycles. The Hall–Kier alpha value is 0.340. The van der Waals surface area contributed by atoms with Gasteiger partial charge in [0, 0.05) is 16.1 Å². The van der Waals surface area contributed by atoms with E-state index in [0.29, 0.717) is 0 Å². The molecule has 0 saturated heterocycles. The highest BCUT2D eigenvalue weighted by Gasteiger charge is 2.26. The van der Waals surface area contributed by atoms with Crippen LogP contribution >= 0.6 is 58.0 Å². The number of carbonyl (C=O) groups excluding carboxylic acids is 1. The fraction of sp³-hybridized carbons (Fsp3) is 0.125. The van der Waals surface area contributed by atoms with E-state index >= 15 is 0 Å². The van der Waals surface area contributed by atoms with Crippen LogP contribution in [-0.4, -0.2) is 5.24 Å². The first-order valence-electron chi connectivity index (χ1n) is 3.39. The Balaban J connectivity index is 3.29. The third-order valence-electron chi connectivity index (χ3n) is 1.50. The third kappa shape index (κ3) is 2.91. The second-order valence-electron chi connectivity index (χ2n) is 2.47. The van der Waals surface area contributed by atoms with Gasteiger partial charge in [0.05, 0.1) is 0 Å². The summed E-state index contributed by atoms with van der Waals surface area (Å²) in [5.41, 5.74) is 0.466. The van der Waals surface area contributed by atoms with Gasteiger partial charge in [0.15, 0.2) is 0 Å². The van der Waals surface area contributed by atoms with Crippen LogP contribution in [0.15, 0.2) is 18.2 Å². The topological polar surface area (TPSA) is 17.1 Å². The molecule has 1 rings (SSSR count). The zero-order valence-corrected chi connectivity index (χ0v) is 10.3. The Labute approximate surface area is 106 Å². The zero-order chi connectivity index (χ0) is 10.9. The zero-order valence-electron chi connectivity index (χ0n) is 6.53. The summed E-state index contributed by atoms with van der Waals surface area (Å²) in [7, 11) is 0. The molecular formula is C8H3Cl5O. The van der Waals surface area contributed by atoms with Crippen LogP contribution in [0.2, 0.25) is 5.02 Å². The number of hydrogen-bond donors (Lipinski definition) is 0. The van der Waals surface area contributed by atoms with E-state index in [1.54, 1.807) is 0 Å². The average Bonchev–Trinajstić information content (AvgIpc) is 2.02. The van der Waals surface area contributed by atoms with E-state index in [-0.39, 0.29) is 16.1 Å². The van der Waals surface area contributed by atoms with Crippen molar-refractivity contribution >= 4 is 63.2 Å². The first-order chi connectivity index (χ1) is 6.32. The minimum Gasteiger partial charge on any atom is -0.276 e. The molecular weight excluding hydrogens is 289 g/mol. The Morgan fingerprint density at radius 3 is 2.21 bits per heavy atom. The molecule has 0 N–H and O–H groups in total. The molecule has 0 unspecified atom stereocenters. The van der Waals surface area contributed by atoms with Crippen molar-refractivity contribution in [3.63, 3.8) is 0 Å². The summed E-state index contributed by atoms with van der Waals surface area (Å²) in [5.74, 6) is 0. The predicted octanol–water partition coefficient (Wildman–Crippen LogP) is 4.55. The number of carbonyl (C=O) groups is 1. The van der Waals surface area contributed by atoms with Crippen molar-refractivity contribution in [3.8, 4) is 0 Å². The second kappa shape index (κ2) is 4.46. The highest BCUT2D eigenvalue weighted by Crippen LogP contribution is 2.42. The van der Waals surface area contributed by atoms with Gasteiger partial charge in [0.1, 0.15) is 0 Å². The summed E-state index contributed by atoms with van der Waals surface area (Å²) >= 11 is 27.9. The molecule has 0 aromatic heterocycles. The minimum atomic E-state index is -1.67. The van der Waals surface area contributed by atoms with E-state index in [9.17, 15) is 4.79 Å². The van der Waals surface area contributed by atoms with Crippen molar-refractivity contribution in [1.82, 2.24) is 0 Å². The van der Waals surface area contributed by atoms with E-state index in [1.807, 2.05) is 0 Å². The third-order valence-corrected chi connectivity index (χ3v) is 2.66. The van der Waals surface area contributed by atoms with Crippen LogP contribution < -0.4 is 0 Å². The molecule has 6 heteroatoms. The number of rotatable bonds is 1. The molecule has 1 aromatic carbocycles. The quantitative estimate of drug-likeness (QED) is 0.548. The summed E-state index contributed by atoms with van der Waals surface area (Å²) < 4.78 is -1.67. The number of alkyl halides is 3. The van der Waals surface area contributed by atoms with Gasteiger partial charge in [-0.2, -0.15) is 0 Å².